The van der Waals surface area contributed by atoms with Crippen LogP contribution in [0.3, 0.4) is 0 Å². The second-order valence-electron chi connectivity index (χ2n) is 4.65. The molecule has 2 heterocycles. The van der Waals surface area contributed by atoms with Crippen LogP contribution in [0, 0.1) is 5.92 Å². The van der Waals surface area contributed by atoms with E-state index in [1.807, 2.05) is 0 Å². The molecule has 0 aromatic carbocycles. The van der Waals surface area contributed by atoms with E-state index in [2.05, 4.69) is 4.72 Å². The Bertz CT molecular complexity index is 479. The van der Waals surface area contributed by atoms with Crippen molar-refractivity contribution in [1.82, 2.24) is 4.72 Å². The van der Waals surface area contributed by atoms with Crippen molar-refractivity contribution in [3.63, 3.8) is 0 Å². The molecule has 1 aliphatic heterocycles. The Labute approximate surface area is 105 Å². The number of thiophene rings is 1. The standard InChI is InChI=1S/C11H15NO3S2/c13-17(14,9-4-6-16-7-9)12-10-3-5-15-11(10)8-1-2-8/h4,6-8,10-12H,1-3,5H2. The van der Waals surface area contributed by atoms with E-state index in [9.17, 15) is 8.42 Å². The van der Waals surface area contributed by atoms with Gasteiger partial charge >= 0.3 is 0 Å². The zero-order valence-electron chi connectivity index (χ0n) is 9.33. The summed E-state index contributed by atoms with van der Waals surface area (Å²) in [4.78, 5) is 0.365. The van der Waals surface area contributed by atoms with Gasteiger partial charge in [0.25, 0.3) is 0 Å². The van der Waals surface area contributed by atoms with Crippen molar-refractivity contribution in [2.75, 3.05) is 6.61 Å². The van der Waals surface area contributed by atoms with E-state index in [0.29, 0.717) is 17.4 Å². The van der Waals surface area contributed by atoms with Gasteiger partial charge in [-0.05, 0) is 36.6 Å². The first-order valence-electron chi connectivity index (χ1n) is 5.83. The molecule has 0 radical (unpaired) electrons. The third kappa shape index (κ3) is 2.40. The maximum absolute atomic E-state index is 12.1. The Kier molecular flexibility index (Phi) is 2.98. The quantitative estimate of drug-likeness (QED) is 0.906. The van der Waals surface area contributed by atoms with E-state index >= 15 is 0 Å². The third-order valence-electron chi connectivity index (χ3n) is 3.33. The van der Waals surface area contributed by atoms with Crippen LogP contribution < -0.4 is 4.72 Å². The van der Waals surface area contributed by atoms with Gasteiger partial charge in [-0.25, -0.2) is 13.1 Å². The predicted molar refractivity (Wildman–Crippen MR) is 65.5 cm³/mol. The molecule has 2 fully saturated rings. The smallest absolute Gasteiger partial charge is 0.241 e. The van der Waals surface area contributed by atoms with Crippen molar-refractivity contribution in [3.05, 3.63) is 16.8 Å². The zero-order valence-corrected chi connectivity index (χ0v) is 11.0. The summed E-state index contributed by atoms with van der Waals surface area (Å²) in [5.41, 5.74) is 0. The van der Waals surface area contributed by atoms with Crippen LogP contribution in [0.1, 0.15) is 19.3 Å². The minimum absolute atomic E-state index is 0.0487. The minimum atomic E-state index is -3.36. The maximum Gasteiger partial charge on any atom is 0.241 e. The van der Waals surface area contributed by atoms with Crippen LogP contribution in [0.4, 0.5) is 0 Å². The fourth-order valence-corrected chi connectivity index (χ4v) is 4.61. The molecule has 0 spiro atoms. The van der Waals surface area contributed by atoms with Crippen LogP contribution in [0.15, 0.2) is 21.7 Å². The Hall–Kier alpha value is -0.430. The summed E-state index contributed by atoms with van der Waals surface area (Å²) in [5.74, 6) is 0.563. The molecule has 6 heteroatoms. The van der Waals surface area contributed by atoms with Crippen molar-refractivity contribution >= 4 is 21.4 Å². The van der Waals surface area contributed by atoms with E-state index in [4.69, 9.17) is 4.74 Å². The van der Waals surface area contributed by atoms with Crippen molar-refractivity contribution < 1.29 is 13.2 Å². The highest BCUT2D eigenvalue weighted by molar-refractivity contribution is 7.89. The van der Waals surface area contributed by atoms with Gasteiger partial charge in [-0.2, -0.15) is 11.3 Å². The molecule has 0 amide bonds. The van der Waals surface area contributed by atoms with E-state index in [0.717, 1.165) is 6.42 Å². The van der Waals surface area contributed by atoms with Crippen LogP contribution in [-0.4, -0.2) is 27.2 Å². The SMILES string of the molecule is O=S(=O)(NC1CCOC1C1CC1)c1ccsc1. The first-order chi connectivity index (χ1) is 8.17. The molecule has 0 bridgehead atoms. The zero-order chi connectivity index (χ0) is 11.9. The van der Waals surface area contributed by atoms with E-state index in [1.54, 1.807) is 16.8 Å². The lowest BCUT2D eigenvalue weighted by Crippen LogP contribution is -2.41. The lowest BCUT2D eigenvalue weighted by atomic mass is 10.1. The topological polar surface area (TPSA) is 55.4 Å². The summed E-state index contributed by atoms with van der Waals surface area (Å²) in [6, 6.07) is 1.59. The first kappa shape index (κ1) is 11.6. The van der Waals surface area contributed by atoms with Gasteiger partial charge in [-0.3, -0.25) is 0 Å². The van der Waals surface area contributed by atoms with E-state index in [-0.39, 0.29) is 12.1 Å². The molecular formula is C11H15NO3S2. The van der Waals surface area contributed by atoms with Gasteiger partial charge in [0.1, 0.15) is 0 Å². The van der Waals surface area contributed by atoms with Crippen LogP contribution in [0.25, 0.3) is 0 Å². The minimum Gasteiger partial charge on any atom is -0.376 e. The maximum atomic E-state index is 12.1. The molecule has 4 nitrogen and oxygen atoms in total. The van der Waals surface area contributed by atoms with Crippen molar-refractivity contribution in [2.45, 2.75) is 36.3 Å². The van der Waals surface area contributed by atoms with Gasteiger partial charge in [-0.15, -0.1) is 0 Å². The predicted octanol–water partition coefficient (Wildman–Crippen LogP) is 1.59. The molecular weight excluding hydrogens is 258 g/mol. The molecule has 1 aromatic heterocycles. The summed E-state index contributed by atoms with van der Waals surface area (Å²) >= 11 is 1.39. The molecule has 17 heavy (non-hydrogen) atoms. The Morgan fingerprint density at radius 3 is 2.82 bits per heavy atom. The first-order valence-corrected chi connectivity index (χ1v) is 8.25. The summed E-state index contributed by atoms with van der Waals surface area (Å²) in [6.45, 7) is 0.665. The van der Waals surface area contributed by atoms with Crippen LogP contribution >= 0.6 is 11.3 Å². The lowest BCUT2D eigenvalue weighted by Gasteiger charge is -2.18. The third-order valence-corrected chi connectivity index (χ3v) is 5.65. The molecule has 1 N–H and O–H groups in total. The fourth-order valence-electron chi connectivity index (χ4n) is 2.30. The fraction of sp³-hybridized carbons (Fsp3) is 0.636. The molecule has 2 unspecified atom stereocenters. The Morgan fingerprint density at radius 1 is 1.35 bits per heavy atom. The largest absolute Gasteiger partial charge is 0.376 e. The highest BCUT2D eigenvalue weighted by Gasteiger charge is 2.42. The number of hydrogen-bond acceptors (Lipinski definition) is 4. The van der Waals surface area contributed by atoms with E-state index in [1.165, 1.54) is 24.2 Å². The number of ether oxygens (including phenoxy) is 1. The molecule has 2 atom stereocenters. The Morgan fingerprint density at radius 2 is 2.18 bits per heavy atom. The van der Waals surface area contributed by atoms with Gasteiger partial charge < -0.3 is 4.74 Å². The van der Waals surface area contributed by atoms with Gasteiger partial charge in [0.15, 0.2) is 0 Å². The molecule has 1 aliphatic carbocycles. The molecule has 3 rings (SSSR count). The second kappa shape index (κ2) is 4.35. The van der Waals surface area contributed by atoms with Gasteiger partial charge in [-0.1, -0.05) is 0 Å². The molecule has 1 aromatic rings. The lowest BCUT2D eigenvalue weighted by molar-refractivity contribution is 0.0848. The van der Waals surface area contributed by atoms with Gasteiger partial charge in [0.05, 0.1) is 17.0 Å². The number of hydrogen-bond donors (Lipinski definition) is 1. The Balaban J connectivity index is 1.74. The van der Waals surface area contributed by atoms with Gasteiger partial charge in [0.2, 0.25) is 10.0 Å². The van der Waals surface area contributed by atoms with Crippen LogP contribution in [0.2, 0.25) is 0 Å². The molecule has 94 valence electrons. The monoisotopic (exact) mass is 273 g/mol. The molecule has 1 saturated heterocycles. The molecule has 1 saturated carbocycles. The number of sulfonamides is 1. The van der Waals surface area contributed by atoms with Crippen LogP contribution in [0.5, 0.6) is 0 Å². The number of rotatable bonds is 4. The summed E-state index contributed by atoms with van der Waals surface area (Å²) in [5, 5.41) is 3.43. The van der Waals surface area contributed by atoms with Crippen molar-refractivity contribution in [3.8, 4) is 0 Å². The van der Waals surface area contributed by atoms with Crippen LogP contribution in [-0.2, 0) is 14.8 Å². The van der Waals surface area contributed by atoms with E-state index < -0.39 is 10.0 Å². The molecule has 2 aliphatic rings. The second-order valence-corrected chi connectivity index (χ2v) is 7.14. The summed E-state index contributed by atoms with van der Waals surface area (Å²) in [6.07, 6.45) is 3.20. The summed E-state index contributed by atoms with van der Waals surface area (Å²) in [7, 11) is -3.36. The average molecular weight is 273 g/mol. The van der Waals surface area contributed by atoms with Gasteiger partial charge in [0, 0.05) is 12.0 Å². The van der Waals surface area contributed by atoms with Crippen molar-refractivity contribution in [2.24, 2.45) is 5.92 Å². The highest BCUT2D eigenvalue weighted by atomic mass is 32.2. The average Bonchev–Trinajstić information content (AvgIpc) is 2.82. The number of nitrogens with one attached hydrogen (secondary N) is 1. The highest BCUT2D eigenvalue weighted by Crippen LogP contribution is 2.39. The summed E-state index contributed by atoms with van der Waals surface area (Å²) < 4.78 is 32.6. The van der Waals surface area contributed by atoms with Crippen molar-refractivity contribution in [1.29, 1.82) is 0 Å². The normalized spacial score (nSPS) is 29.6.